The molecule has 2 atom stereocenters. The van der Waals surface area contributed by atoms with Crippen LogP contribution in [0.4, 0.5) is 0 Å². The normalized spacial score (nSPS) is 19.7. The molecule has 1 saturated carbocycles. The minimum absolute atomic E-state index is 0.115. The average molecular weight is 443 g/mol. The summed E-state index contributed by atoms with van der Waals surface area (Å²) in [6.45, 7) is 1.86. The number of carbonyl (C=O) groups is 1. The highest BCUT2D eigenvalue weighted by molar-refractivity contribution is 8.00. The van der Waals surface area contributed by atoms with Crippen LogP contribution in [-0.4, -0.2) is 42.1 Å². The molecular formula is C20H19ClN6O2S. The van der Waals surface area contributed by atoms with E-state index in [4.69, 9.17) is 16.0 Å². The molecule has 3 heterocycles. The zero-order valence-electron chi connectivity index (χ0n) is 16.2. The van der Waals surface area contributed by atoms with Gasteiger partial charge in [0.25, 0.3) is 5.91 Å². The summed E-state index contributed by atoms with van der Waals surface area (Å²) in [5.74, 6) is 0.590. The van der Waals surface area contributed by atoms with Gasteiger partial charge in [0.2, 0.25) is 5.16 Å². The van der Waals surface area contributed by atoms with Gasteiger partial charge in [0.05, 0.1) is 23.3 Å². The highest BCUT2D eigenvalue weighted by atomic mass is 35.5. The Hall–Kier alpha value is -2.65. The van der Waals surface area contributed by atoms with Crippen molar-refractivity contribution in [3.05, 3.63) is 59.0 Å². The number of amides is 1. The van der Waals surface area contributed by atoms with Crippen LogP contribution in [0.3, 0.4) is 0 Å². The zero-order chi connectivity index (χ0) is 20.7. The Kier molecular flexibility index (Phi) is 5.08. The molecule has 30 heavy (non-hydrogen) atoms. The fourth-order valence-electron chi connectivity index (χ4n) is 3.44. The van der Waals surface area contributed by atoms with Gasteiger partial charge in [0, 0.05) is 11.4 Å². The molecule has 1 aromatic carbocycles. The maximum atomic E-state index is 13.4. The molecule has 0 radical (unpaired) electrons. The number of halogens is 1. The minimum Gasteiger partial charge on any atom is -0.467 e. The van der Waals surface area contributed by atoms with E-state index in [1.807, 2.05) is 48.0 Å². The topological polar surface area (TPSA) is 89.4 Å². The second kappa shape index (κ2) is 7.88. The Bertz CT molecular complexity index is 1080. The lowest BCUT2D eigenvalue weighted by molar-refractivity contribution is -0.132. The Morgan fingerprint density at radius 1 is 1.27 bits per heavy atom. The fraction of sp³-hybridized carbons (Fsp3) is 0.350. The lowest BCUT2D eigenvalue weighted by Crippen LogP contribution is -2.33. The number of thioether (sulfide) groups is 1. The van der Waals surface area contributed by atoms with E-state index in [1.165, 1.54) is 16.8 Å². The van der Waals surface area contributed by atoms with Crippen molar-refractivity contribution in [2.45, 2.75) is 48.7 Å². The SMILES string of the molecule is CC(Sc1nnnn1C1CC1)C(=O)N1N=C(c2ccc(Cl)cc2)CC1c1ccco1. The van der Waals surface area contributed by atoms with Gasteiger partial charge in [-0.15, -0.1) is 5.10 Å². The summed E-state index contributed by atoms with van der Waals surface area (Å²) in [6.07, 6.45) is 4.32. The number of hydrogen-bond donors (Lipinski definition) is 0. The van der Waals surface area contributed by atoms with Crippen molar-refractivity contribution in [1.29, 1.82) is 0 Å². The Balaban J connectivity index is 1.40. The van der Waals surface area contributed by atoms with Crippen LogP contribution < -0.4 is 0 Å². The van der Waals surface area contributed by atoms with Crippen molar-refractivity contribution in [2.75, 3.05) is 0 Å². The van der Waals surface area contributed by atoms with Crippen LogP contribution in [0.15, 0.2) is 57.3 Å². The first-order chi connectivity index (χ1) is 14.6. The number of rotatable bonds is 6. The van der Waals surface area contributed by atoms with Gasteiger partial charge in [-0.1, -0.05) is 35.5 Å². The van der Waals surface area contributed by atoms with Gasteiger partial charge < -0.3 is 4.42 Å². The maximum Gasteiger partial charge on any atom is 0.256 e. The molecule has 8 nitrogen and oxygen atoms in total. The third kappa shape index (κ3) is 3.75. The molecule has 1 fully saturated rings. The van der Waals surface area contributed by atoms with Crippen molar-refractivity contribution in [3.8, 4) is 0 Å². The number of benzene rings is 1. The molecule has 0 spiro atoms. The van der Waals surface area contributed by atoms with Crippen molar-refractivity contribution in [3.63, 3.8) is 0 Å². The molecule has 0 N–H and O–H groups in total. The van der Waals surface area contributed by atoms with Crippen LogP contribution in [-0.2, 0) is 4.79 Å². The maximum absolute atomic E-state index is 13.4. The van der Waals surface area contributed by atoms with E-state index >= 15 is 0 Å². The number of tetrazole rings is 1. The summed E-state index contributed by atoms with van der Waals surface area (Å²) < 4.78 is 7.42. The predicted octanol–water partition coefficient (Wildman–Crippen LogP) is 4.11. The molecule has 1 aliphatic heterocycles. The van der Waals surface area contributed by atoms with Gasteiger partial charge in [-0.25, -0.2) is 9.69 Å². The molecule has 0 saturated heterocycles. The van der Waals surface area contributed by atoms with Crippen LogP contribution in [0.25, 0.3) is 0 Å². The lowest BCUT2D eigenvalue weighted by atomic mass is 10.0. The van der Waals surface area contributed by atoms with Gasteiger partial charge in [0.1, 0.15) is 11.8 Å². The number of hydrogen-bond acceptors (Lipinski definition) is 7. The quantitative estimate of drug-likeness (QED) is 0.533. The zero-order valence-corrected chi connectivity index (χ0v) is 17.8. The smallest absolute Gasteiger partial charge is 0.256 e. The Morgan fingerprint density at radius 3 is 2.77 bits per heavy atom. The van der Waals surface area contributed by atoms with Crippen LogP contribution >= 0.6 is 23.4 Å². The highest BCUT2D eigenvalue weighted by Crippen LogP contribution is 2.39. The largest absolute Gasteiger partial charge is 0.467 e. The summed E-state index contributed by atoms with van der Waals surface area (Å²) in [5.41, 5.74) is 1.76. The molecule has 3 aromatic rings. The molecule has 154 valence electrons. The summed E-state index contributed by atoms with van der Waals surface area (Å²) in [4.78, 5) is 13.4. The molecule has 2 aromatic heterocycles. The van der Waals surface area contributed by atoms with E-state index in [1.54, 1.807) is 6.26 Å². The first kappa shape index (κ1) is 19.3. The van der Waals surface area contributed by atoms with Crippen LogP contribution in [0, 0.1) is 0 Å². The van der Waals surface area contributed by atoms with E-state index in [2.05, 4.69) is 20.6 Å². The lowest BCUT2D eigenvalue weighted by Gasteiger charge is -2.22. The molecule has 1 aliphatic carbocycles. The van der Waals surface area contributed by atoms with Crippen molar-refractivity contribution in [1.82, 2.24) is 25.2 Å². The third-order valence-corrected chi connectivity index (χ3v) is 6.46. The second-order valence-electron chi connectivity index (χ2n) is 7.37. The van der Waals surface area contributed by atoms with E-state index in [0.29, 0.717) is 28.4 Å². The Labute approximate surface area is 182 Å². The van der Waals surface area contributed by atoms with Crippen LogP contribution in [0.1, 0.15) is 49.6 Å². The molecule has 5 rings (SSSR count). The van der Waals surface area contributed by atoms with Gasteiger partial charge >= 0.3 is 0 Å². The fourth-order valence-corrected chi connectivity index (χ4v) is 4.47. The van der Waals surface area contributed by atoms with Crippen molar-refractivity contribution >= 4 is 35.0 Å². The monoisotopic (exact) mass is 442 g/mol. The van der Waals surface area contributed by atoms with Crippen molar-refractivity contribution < 1.29 is 9.21 Å². The summed E-state index contributed by atoms with van der Waals surface area (Å²) in [7, 11) is 0. The van der Waals surface area contributed by atoms with E-state index in [-0.39, 0.29) is 11.9 Å². The van der Waals surface area contributed by atoms with Gasteiger partial charge in [-0.05, 0) is 60.0 Å². The summed E-state index contributed by atoms with van der Waals surface area (Å²) in [5, 5.41) is 19.0. The standard InChI is InChI=1S/C20H19ClN6O2S/c1-12(30-20-22-24-25-26(20)15-8-9-15)19(28)27-17(18-3-2-10-29-18)11-16(23-27)13-4-6-14(21)7-5-13/h2-7,10,12,15,17H,8-9,11H2,1H3. The molecule has 0 bridgehead atoms. The third-order valence-electron chi connectivity index (χ3n) is 5.17. The number of hydrazone groups is 1. The van der Waals surface area contributed by atoms with Crippen molar-refractivity contribution in [2.24, 2.45) is 5.10 Å². The molecular weight excluding hydrogens is 424 g/mol. The van der Waals surface area contributed by atoms with Crippen LogP contribution in [0.5, 0.6) is 0 Å². The molecule has 10 heteroatoms. The number of furan rings is 1. The van der Waals surface area contributed by atoms with Gasteiger partial charge in [-0.2, -0.15) is 5.10 Å². The number of nitrogens with zero attached hydrogens (tertiary/aromatic N) is 6. The van der Waals surface area contributed by atoms with Gasteiger partial charge in [0.15, 0.2) is 0 Å². The number of carbonyl (C=O) groups excluding carboxylic acids is 1. The second-order valence-corrected chi connectivity index (χ2v) is 9.11. The molecule has 1 amide bonds. The van der Waals surface area contributed by atoms with Gasteiger partial charge in [-0.3, -0.25) is 4.79 Å². The average Bonchev–Trinajstić information content (AvgIpc) is 3.15. The first-order valence-corrected chi connectivity index (χ1v) is 11.0. The van der Waals surface area contributed by atoms with Crippen LogP contribution in [0.2, 0.25) is 5.02 Å². The summed E-state index contributed by atoms with van der Waals surface area (Å²) >= 11 is 7.37. The Morgan fingerprint density at radius 2 is 2.07 bits per heavy atom. The van der Waals surface area contributed by atoms with E-state index in [9.17, 15) is 4.79 Å². The number of aromatic nitrogens is 4. The molecule has 2 unspecified atom stereocenters. The first-order valence-electron chi connectivity index (χ1n) is 9.74. The highest BCUT2D eigenvalue weighted by Gasteiger charge is 2.38. The molecule has 2 aliphatic rings. The minimum atomic E-state index is -0.403. The van der Waals surface area contributed by atoms with E-state index < -0.39 is 5.25 Å². The predicted molar refractivity (Wildman–Crippen MR) is 112 cm³/mol. The summed E-state index contributed by atoms with van der Waals surface area (Å²) in [6, 6.07) is 11.2. The van der Waals surface area contributed by atoms with E-state index in [0.717, 1.165) is 24.1 Å².